The van der Waals surface area contributed by atoms with Crippen molar-refractivity contribution in [1.82, 2.24) is 10.3 Å². The number of rotatable bonds is 5. The van der Waals surface area contributed by atoms with Gasteiger partial charge in [0.25, 0.3) is 0 Å². The van der Waals surface area contributed by atoms with Gasteiger partial charge in [0, 0.05) is 6.04 Å². The molecule has 0 aliphatic carbocycles. The van der Waals surface area contributed by atoms with Gasteiger partial charge in [0.1, 0.15) is 0 Å². The monoisotopic (exact) mass is 234 g/mol. The Labute approximate surface area is 100 Å². The fraction of sp³-hybridized carbons (Fsp3) is 0.500. The second-order valence-electron chi connectivity index (χ2n) is 4.20. The highest BCUT2D eigenvalue weighted by molar-refractivity contribution is 5.95. The van der Waals surface area contributed by atoms with Crippen molar-refractivity contribution in [3.8, 4) is 0 Å². The van der Waals surface area contributed by atoms with E-state index < -0.39 is 0 Å². The topological polar surface area (TPSA) is 77.0 Å². The van der Waals surface area contributed by atoms with E-state index in [2.05, 4.69) is 29.5 Å². The number of nitrogens with zero attached hydrogens (tertiary/aromatic N) is 2. The third-order valence-electron chi connectivity index (χ3n) is 2.94. The molecule has 0 spiro atoms. The van der Waals surface area contributed by atoms with Crippen LogP contribution in [0.3, 0.4) is 0 Å². The number of hydrogen-bond donors (Lipinski definition) is 2. The standard InChI is InChI=1S/C12H18N4O/c1-3-5-8(4-2)14-10-7-6-9(13)11-12(10)16-17-15-11/h6-8,14H,3-5,13H2,1-2H3. The summed E-state index contributed by atoms with van der Waals surface area (Å²) in [6.07, 6.45) is 3.36. The van der Waals surface area contributed by atoms with E-state index in [1.807, 2.05) is 12.1 Å². The van der Waals surface area contributed by atoms with Gasteiger partial charge in [-0.1, -0.05) is 20.3 Å². The summed E-state index contributed by atoms with van der Waals surface area (Å²) >= 11 is 0. The van der Waals surface area contributed by atoms with Crippen LogP contribution in [0.2, 0.25) is 0 Å². The lowest BCUT2D eigenvalue weighted by atomic mass is 10.1. The summed E-state index contributed by atoms with van der Waals surface area (Å²) < 4.78 is 4.74. The summed E-state index contributed by atoms with van der Waals surface area (Å²) in [6, 6.07) is 4.21. The van der Waals surface area contributed by atoms with Crippen molar-refractivity contribution >= 4 is 22.4 Å². The summed E-state index contributed by atoms with van der Waals surface area (Å²) in [7, 11) is 0. The summed E-state index contributed by atoms with van der Waals surface area (Å²) in [5.41, 5.74) is 8.67. The largest absolute Gasteiger partial charge is 0.397 e. The Kier molecular flexibility index (Phi) is 3.46. The van der Waals surface area contributed by atoms with Gasteiger partial charge in [0.2, 0.25) is 0 Å². The van der Waals surface area contributed by atoms with Crippen LogP contribution in [-0.4, -0.2) is 16.4 Å². The molecule has 1 unspecified atom stereocenters. The van der Waals surface area contributed by atoms with E-state index >= 15 is 0 Å². The van der Waals surface area contributed by atoms with E-state index in [0.29, 0.717) is 22.8 Å². The first-order valence-electron chi connectivity index (χ1n) is 6.03. The van der Waals surface area contributed by atoms with Crippen LogP contribution in [0.4, 0.5) is 11.4 Å². The third kappa shape index (κ3) is 2.33. The van der Waals surface area contributed by atoms with E-state index in [9.17, 15) is 0 Å². The van der Waals surface area contributed by atoms with Gasteiger partial charge in [-0.3, -0.25) is 0 Å². The highest BCUT2D eigenvalue weighted by Crippen LogP contribution is 2.26. The van der Waals surface area contributed by atoms with Crippen molar-refractivity contribution in [3.63, 3.8) is 0 Å². The molecular weight excluding hydrogens is 216 g/mol. The highest BCUT2D eigenvalue weighted by atomic mass is 16.6. The number of fused-ring (bicyclic) bond motifs is 1. The molecule has 1 aromatic carbocycles. The number of aromatic nitrogens is 2. The van der Waals surface area contributed by atoms with Crippen molar-refractivity contribution < 1.29 is 4.63 Å². The molecule has 1 aromatic heterocycles. The van der Waals surface area contributed by atoms with Crippen molar-refractivity contribution in [2.24, 2.45) is 0 Å². The normalized spacial score (nSPS) is 12.8. The molecule has 2 aromatic rings. The molecule has 0 saturated carbocycles. The molecule has 1 atom stereocenters. The fourth-order valence-electron chi connectivity index (χ4n) is 1.95. The second-order valence-corrected chi connectivity index (χ2v) is 4.20. The number of nitrogen functional groups attached to an aromatic ring is 1. The summed E-state index contributed by atoms with van der Waals surface area (Å²) in [5, 5.41) is 11.2. The van der Waals surface area contributed by atoms with E-state index in [-0.39, 0.29) is 0 Å². The van der Waals surface area contributed by atoms with Gasteiger partial charge in [-0.05, 0) is 35.3 Å². The Bertz CT molecular complexity index is 494. The molecule has 0 aliphatic rings. The van der Waals surface area contributed by atoms with Gasteiger partial charge in [-0.15, -0.1) is 0 Å². The van der Waals surface area contributed by atoms with Crippen molar-refractivity contribution in [3.05, 3.63) is 12.1 Å². The van der Waals surface area contributed by atoms with Crippen LogP contribution in [-0.2, 0) is 0 Å². The molecule has 0 saturated heterocycles. The Balaban J connectivity index is 2.29. The molecule has 1 heterocycles. The van der Waals surface area contributed by atoms with E-state index in [1.165, 1.54) is 0 Å². The molecule has 5 nitrogen and oxygen atoms in total. The molecule has 5 heteroatoms. The molecule has 0 fully saturated rings. The van der Waals surface area contributed by atoms with Crippen LogP contribution in [0, 0.1) is 0 Å². The minimum Gasteiger partial charge on any atom is -0.397 e. The van der Waals surface area contributed by atoms with Crippen molar-refractivity contribution in [1.29, 1.82) is 0 Å². The maximum Gasteiger partial charge on any atom is 0.160 e. The van der Waals surface area contributed by atoms with E-state index in [0.717, 1.165) is 24.9 Å². The van der Waals surface area contributed by atoms with Crippen LogP contribution < -0.4 is 11.1 Å². The first-order valence-corrected chi connectivity index (χ1v) is 6.03. The molecule has 2 rings (SSSR count). The second kappa shape index (κ2) is 5.03. The lowest BCUT2D eigenvalue weighted by Gasteiger charge is -2.17. The van der Waals surface area contributed by atoms with Gasteiger partial charge >= 0.3 is 0 Å². The number of nitrogens with one attached hydrogen (secondary N) is 1. The molecule has 3 N–H and O–H groups in total. The molecule has 92 valence electrons. The van der Waals surface area contributed by atoms with E-state index in [1.54, 1.807) is 0 Å². The van der Waals surface area contributed by atoms with Gasteiger partial charge in [0.05, 0.1) is 11.4 Å². The number of anilines is 2. The molecular formula is C12H18N4O. The van der Waals surface area contributed by atoms with Gasteiger partial charge in [-0.25, -0.2) is 4.63 Å². The minimum absolute atomic E-state index is 0.448. The van der Waals surface area contributed by atoms with Crippen molar-refractivity contribution in [2.45, 2.75) is 39.2 Å². The quantitative estimate of drug-likeness (QED) is 0.778. The lowest BCUT2D eigenvalue weighted by Crippen LogP contribution is -2.18. The number of hydrogen-bond acceptors (Lipinski definition) is 5. The van der Waals surface area contributed by atoms with Crippen LogP contribution in [0.25, 0.3) is 11.0 Å². The van der Waals surface area contributed by atoms with Gasteiger partial charge in [0.15, 0.2) is 11.0 Å². The third-order valence-corrected chi connectivity index (χ3v) is 2.94. The smallest absolute Gasteiger partial charge is 0.160 e. The number of nitrogens with two attached hydrogens (primary N) is 1. The molecule has 0 aliphatic heterocycles. The maximum absolute atomic E-state index is 5.80. The predicted octanol–water partition coefficient (Wildman–Crippen LogP) is 2.80. The van der Waals surface area contributed by atoms with Crippen molar-refractivity contribution in [2.75, 3.05) is 11.1 Å². The molecule has 17 heavy (non-hydrogen) atoms. The first-order chi connectivity index (χ1) is 8.26. The highest BCUT2D eigenvalue weighted by Gasteiger charge is 2.12. The summed E-state index contributed by atoms with van der Waals surface area (Å²) in [5.74, 6) is 0. The van der Waals surface area contributed by atoms with Crippen LogP contribution >= 0.6 is 0 Å². The van der Waals surface area contributed by atoms with Crippen LogP contribution in [0.15, 0.2) is 16.8 Å². The Morgan fingerprint density at radius 3 is 2.76 bits per heavy atom. The lowest BCUT2D eigenvalue weighted by molar-refractivity contribution is 0.315. The predicted molar refractivity (Wildman–Crippen MR) is 68.8 cm³/mol. The molecule has 0 radical (unpaired) electrons. The number of benzene rings is 1. The SMILES string of the molecule is CCCC(CC)Nc1ccc(N)c2nonc12. The Hall–Kier alpha value is -1.78. The molecule has 0 bridgehead atoms. The first kappa shape index (κ1) is 11.7. The Morgan fingerprint density at radius 1 is 1.29 bits per heavy atom. The maximum atomic E-state index is 5.80. The van der Waals surface area contributed by atoms with Crippen LogP contribution in [0.5, 0.6) is 0 Å². The summed E-state index contributed by atoms with van der Waals surface area (Å²) in [4.78, 5) is 0. The average Bonchev–Trinajstić information content (AvgIpc) is 2.82. The van der Waals surface area contributed by atoms with Crippen LogP contribution in [0.1, 0.15) is 33.1 Å². The average molecular weight is 234 g/mol. The zero-order chi connectivity index (χ0) is 12.3. The fourth-order valence-corrected chi connectivity index (χ4v) is 1.95. The van der Waals surface area contributed by atoms with Gasteiger partial charge < -0.3 is 11.1 Å². The zero-order valence-corrected chi connectivity index (χ0v) is 10.2. The van der Waals surface area contributed by atoms with Gasteiger partial charge in [-0.2, -0.15) is 0 Å². The summed E-state index contributed by atoms with van der Waals surface area (Å²) in [6.45, 7) is 4.35. The molecule has 0 amide bonds. The van der Waals surface area contributed by atoms with E-state index in [4.69, 9.17) is 10.4 Å². The zero-order valence-electron chi connectivity index (χ0n) is 10.2. The minimum atomic E-state index is 0.448. The Morgan fingerprint density at radius 2 is 2.06 bits per heavy atom.